The number of nitrogens with zero attached hydrogens (tertiary/aromatic N) is 1. The largest absolute Gasteiger partial charge is 0.399 e. The molecule has 0 aromatic heterocycles. The van der Waals surface area contributed by atoms with Crippen molar-refractivity contribution in [3.05, 3.63) is 29.8 Å². The minimum Gasteiger partial charge on any atom is -0.399 e. The van der Waals surface area contributed by atoms with Gasteiger partial charge in [0.1, 0.15) is 0 Å². The monoisotopic (exact) mass is 203 g/mol. The fourth-order valence-electron chi connectivity index (χ4n) is 1.52. The number of nitrogen functional groups attached to an aromatic ring is 1. The Kier molecular flexibility index (Phi) is 2.67. The Hall–Kier alpha value is -1.84. The van der Waals surface area contributed by atoms with Crippen molar-refractivity contribution in [2.75, 3.05) is 5.73 Å². The molecule has 0 saturated heterocycles. The normalized spacial score (nSPS) is 14.9. The van der Waals surface area contributed by atoms with Crippen LogP contribution in [0.15, 0.2) is 29.4 Å². The lowest BCUT2D eigenvalue weighted by Gasteiger charge is -2.00. The second kappa shape index (κ2) is 4.13. The van der Waals surface area contributed by atoms with Crippen LogP contribution >= 0.6 is 0 Å². The van der Waals surface area contributed by atoms with Crippen LogP contribution in [0.3, 0.4) is 0 Å². The maximum absolute atomic E-state index is 10.9. The third-order valence-electron chi connectivity index (χ3n) is 2.39. The Balaban J connectivity index is 1.88. The summed E-state index contributed by atoms with van der Waals surface area (Å²) in [6.45, 7) is 0. The van der Waals surface area contributed by atoms with Gasteiger partial charge in [0.05, 0.1) is 6.42 Å². The molecule has 1 aliphatic rings. The molecule has 3 N–H and O–H groups in total. The van der Waals surface area contributed by atoms with Crippen LogP contribution in [0.2, 0.25) is 0 Å². The van der Waals surface area contributed by atoms with E-state index in [2.05, 4.69) is 10.5 Å². The summed E-state index contributed by atoms with van der Waals surface area (Å²) in [6, 6.07) is 7.77. The van der Waals surface area contributed by atoms with E-state index >= 15 is 0 Å². The molecule has 0 radical (unpaired) electrons. The summed E-state index contributed by atoms with van der Waals surface area (Å²) in [5, 5.41) is 3.94. The van der Waals surface area contributed by atoms with Crippen LogP contribution in [0.5, 0.6) is 0 Å². The van der Waals surface area contributed by atoms with Crippen molar-refractivity contribution in [1.29, 1.82) is 0 Å². The molecule has 0 unspecified atom stereocenters. The summed E-state index contributed by atoms with van der Waals surface area (Å²) >= 11 is 0. The smallest absolute Gasteiger partial charge is 0.245 e. The maximum atomic E-state index is 10.9. The molecule has 0 saturated carbocycles. The van der Waals surface area contributed by atoms with Gasteiger partial charge in [0.15, 0.2) is 0 Å². The quantitative estimate of drug-likeness (QED) is 0.722. The molecule has 0 spiro atoms. The number of carbonyl (C=O) groups excluding carboxylic acids is 1. The number of hydrogen-bond donors (Lipinski definition) is 2. The first-order valence-electron chi connectivity index (χ1n) is 4.93. The van der Waals surface area contributed by atoms with E-state index in [4.69, 9.17) is 5.73 Å². The number of rotatable bonds is 3. The summed E-state index contributed by atoms with van der Waals surface area (Å²) in [4.78, 5) is 10.9. The van der Waals surface area contributed by atoms with E-state index in [1.54, 1.807) is 0 Å². The first-order valence-corrected chi connectivity index (χ1v) is 4.93. The molecule has 0 bridgehead atoms. The minimum atomic E-state index is -0.0118. The van der Waals surface area contributed by atoms with Gasteiger partial charge in [0.2, 0.25) is 5.91 Å². The Labute approximate surface area is 88.2 Å². The molecule has 4 nitrogen and oxygen atoms in total. The van der Waals surface area contributed by atoms with Gasteiger partial charge < -0.3 is 5.73 Å². The van der Waals surface area contributed by atoms with Gasteiger partial charge in [-0.15, -0.1) is 0 Å². The van der Waals surface area contributed by atoms with Crippen molar-refractivity contribution in [2.45, 2.75) is 19.3 Å². The predicted octanol–water partition coefficient (Wildman–Crippen LogP) is 1.08. The van der Waals surface area contributed by atoms with Crippen LogP contribution in [0.1, 0.15) is 18.4 Å². The van der Waals surface area contributed by atoms with Crippen LogP contribution < -0.4 is 11.2 Å². The maximum Gasteiger partial charge on any atom is 0.245 e. The number of nitrogens with one attached hydrogen (secondary N) is 1. The van der Waals surface area contributed by atoms with Crippen molar-refractivity contribution in [1.82, 2.24) is 5.43 Å². The Morgan fingerprint density at radius 3 is 2.60 bits per heavy atom. The van der Waals surface area contributed by atoms with Crippen molar-refractivity contribution in [3.63, 3.8) is 0 Å². The zero-order valence-corrected chi connectivity index (χ0v) is 8.36. The van der Waals surface area contributed by atoms with Crippen molar-refractivity contribution >= 4 is 17.3 Å². The minimum absolute atomic E-state index is 0.0118. The van der Waals surface area contributed by atoms with E-state index in [-0.39, 0.29) is 5.91 Å². The first kappa shape index (κ1) is 9.71. The number of carbonyl (C=O) groups is 1. The molecule has 1 aromatic rings. The predicted molar refractivity (Wildman–Crippen MR) is 59.4 cm³/mol. The third-order valence-corrected chi connectivity index (χ3v) is 2.39. The highest BCUT2D eigenvalue weighted by atomic mass is 16.2. The van der Waals surface area contributed by atoms with Crippen molar-refractivity contribution in [3.8, 4) is 0 Å². The van der Waals surface area contributed by atoms with Gasteiger partial charge >= 0.3 is 0 Å². The van der Waals surface area contributed by atoms with Crippen LogP contribution in [-0.4, -0.2) is 11.6 Å². The average Bonchev–Trinajstić information content (AvgIpc) is 2.64. The number of amides is 1. The third kappa shape index (κ3) is 2.56. The van der Waals surface area contributed by atoms with Crippen LogP contribution in [-0.2, 0) is 11.2 Å². The lowest BCUT2D eigenvalue weighted by atomic mass is 10.1. The Morgan fingerprint density at radius 1 is 1.27 bits per heavy atom. The standard InChI is InChI=1S/C11H13N3O/c12-9-4-1-8(2-5-9)3-6-10-7-11(15)14-13-10/h1-2,4-5H,3,6-7,12H2,(H,14,15). The lowest BCUT2D eigenvalue weighted by molar-refractivity contribution is -0.119. The molecule has 1 aliphatic heterocycles. The summed E-state index contributed by atoms with van der Waals surface area (Å²) in [5.41, 5.74) is 10.9. The van der Waals surface area contributed by atoms with Gasteiger partial charge in [-0.05, 0) is 30.5 Å². The van der Waals surface area contributed by atoms with Crippen LogP contribution in [0, 0.1) is 0 Å². The molecule has 1 heterocycles. The van der Waals surface area contributed by atoms with E-state index < -0.39 is 0 Å². The summed E-state index contributed by atoms with van der Waals surface area (Å²) < 4.78 is 0. The van der Waals surface area contributed by atoms with Gasteiger partial charge in [-0.3, -0.25) is 4.79 Å². The fraction of sp³-hybridized carbons (Fsp3) is 0.273. The number of benzene rings is 1. The number of aryl methyl sites for hydroxylation is 1. The molecule has 4 heteroatoms. The van der Waals surface area contributed by atoms with E-state index in [1.165, 1.54) is 5.56 Å². The molecule has 1 aromatic carbocycles. The second-order valence-corrected chi connectivity index (χ2v) is 3.63. The first-order chi connectivity index (χ1) is 7.24. The van der Waals surface area contributed by atoms with Crippen molar-refractivity contribution in [2.24, 2.45) is 5.10 Å². The summed E-state index contributed by atoms with van der Waals surface area (Å²) in [6.07, 6.45) is 2.16. The molecule has 15 heavy (non-hydrogen) atoms. The fourth-order valence-corrected chi connectivity index (χ4v) is 1.52. The SMILES string of the molecule is Nc1ccc(CCC2=NNC(=O)C2)cc1. The van der Waals surface area contributed by atoms with E-state index in [1.807, 2.05) is 24.3 Å². The number of hydrogen-bond acceptors (Lipinski definition) is 3. The average molecular weight is 203 g/mol. The second-order valence-electron chi connectivity index (χ2n) is 3.63. The van der Waals surface area contributed by atoms with E-state index in [0.29, 0.717) is 6.42 Å². The summed E-state index contributed by atoms with van der Waals surface area (Å²) in [5.74, 6) is -0.0118. The van der Waals surface area contributed by atoms with Crippen molar-refractivity contribution < 1.29 is 4.79 Å². The number of anilines is 1. The zero-order chi connectivity index (χ0) is 10.7. The highest BCUT2D eigenvalue weighted by Gasteiger charge is 2.13. The van der Waals surface area contributed by atoms with Gasteiger partial charge in [-0.1, -0.05) is 12.1 Å². The molecule has 0 atom stereocenters. The molecule has 2 rings (SSSR count). The highest BCUT2D eigenvalue weighted by Crippen LogP contribution is 2.10. The number of hydrazone groups is 1. The lowest BCUT2D eigenvalue weighted by Crippen LogP contribution is -2.09. The topological polar surface area (TPSA) is 67.5 Å². The molecular weight excluding hydrogens is 190 g/mol. The van der Waals surface area contributed by atoms with Gasteiger partial charge in [-0.2, -0.15) is 5.10 Å². The van der Waals surface area contributed by atoms with Gasteiger partial charge in [0.25, 0.3) is 0 Å². The van der Waals surface area contributed by atoms with Crippen LogP contribution in [0.25, 0.3) is 0 Å². The Bertz CT molecular complexity index is 395. The van der Waals surface area contributed by atoms with Crippen LogP contribution in [0.4, 0.5) is 5.69 Å². The number of nitrogens with two attached hydrogens (primary N) is 1. The molecular formula is C11H13N3O. The summed E-state index contributed by atoms with van der Waals surface area (Å²) in [7, 11) is 0. The Morgan fingerprint density at radius 2 is 2.00 bits per heavy atom. The van der Waals surface area contributed by atoms with Gasteiger partial charge in [-0.25, -0.2) is 5.43 Å². The highest BCUT2D eigenvalue weighted by molar-refractivity contribution is 6.04. The molecule has 0 aliphatic carbocycles. The molecule has 1 amide bonds. The van der Waals surface area contributed by atoms with Gasteiger partial charge in [0, 0.05) is 11.4 Å². The van der Waals surface area contributed by atoms with E-state index in [0.717, 1.165) is 24.2 Å². The molecule has 78 valence electrons. The molecule has 0 fully saturated rings. The van der Waals surface area contributed by atoms with E-state index in [9.17, 15) is 4.79 Å². The zero-order valence-electron chi connectivity index (χ0n) is 8.36.